The predicted molar refractivity (Wildman–Crippen MR) is 77.9 cm³/mol. The van der Waals surface area contributed by atoms with Crippen molar-refractivity contribution >= 4 is 38.8 Å². The summed E-state index contributed by atoms with van der Waals surface area (Å²) >= 11 is 4.64. The Morgan fingerprint density at radius 2 is 2.16 bits per heavy atom. The molecule has 0 aliphatic carbocycles. The summed E-state index contributed by atoms with van der Waals surface area (Å²) in [5.41, 5.74) is 1.29. The number of aromatic nitrogens is 2. The van der Waals surface area contributed by atoms with Crippen LogP contribution in [-0.2, 0) is 13.5 Å². The molecular weight excluding hydrogens is 328 g/mol. The first-order valence-electron chi connectivity index (χ1n) is 5.84. The van der Waals surface area contributed by atoms with E-state index in [2.05, 4.69) is 21.0 Å². The zero-order valence-corrected chi connectivity index (χ0v) is 13.0. The van der Waals surface area contributed by atoms with E-state index in [0.29, 0.717) is 16.9 Å². The van der Waals surface area contributed by atoms with Gasteiger partial charge in [-0.25, -0.2) is 0 Å². The molecule has 0 N–H and O–H groups in total. The van der Waals surface area contributed by atoms with E-state index in [1.807, 2.05) is 12.3 Å². The van der Waals surface area contributed by atoms with E-state index in [9.17, 15) is 9.59 Å². The summed E-state index contributed by atoms with van der Waals surface area (Å²) in [6.07, 6.45) is 2.26. The molecule has 0 saturated carbocycles. The molecule has 0 aromatic carbocycles. The maximum atomic E-state index is 12.1. The highest BCUT2D eigenvalue weighted by Crippen LogP contribution is 2.22. The Morgan fingerprint density at radius 3 is 2.74 bits per heavy atom. The monoisotopic (exact) mass is 340 g/mol. The molecule has 0 radical (unpaired) electrons. The van der Waals surface area contributed by atoms with E-state index in [1.54, 1.807) is 24.0 Å². The van der Waals surface area contributed by atoms with Gasteiger partial charge in [0.25, 0.3) is 0 Å². The Morgan fingerprint density at radius 1 is 1.42 bits per heavy atom. The summed E-state index contributed by atoms with van der Waals surface area (Å²) in [5, 5.41) is 6.05. The van der Waals surface area contributed by atoms with Crippen molar-refractivity contribution in [1.29, 1.82) is 0 Å². The summed E-state index contributed by atoms with van der Waals surface area (Å²) in [5.74, 6) is -0.314. The number of aryl methyl sites for hydroxylation is 2. The summed E-state index contributed by atoms with van der Waals surface area (Å²) in [7, 11) is 1.77. The van der Waals surface area contributed by atoms with Gasteiger partial charge in [-0.3, -0.25) is 14.3 Å². The highest BCUT2D eigenvalue weighted by atomic mass is 79.9. The summed E-state index contributed by atoms with van der Waals surface area (Å²) in [6.45, 7) is 1.94. The molecule has 19 heavy (non-hydrogen) atoms. The van der Waals surface area contributed by atoms with Gasteiger partial charge in [-0.1, -0.05) is 6.92 Å². The number of hydrogen-bond donors (Lipinski definition) is 0. The van der Waals surface area contributed by atoms with Crippen molar-refractivity contribution in [3.8, 4) is 0 Å². The minimum atomic E-state index is -0.167. The van der Waals surface area contributed by atoms with Gasteiger partial charge in [0.05, 0.1) is 22.6 Å². The Bertz CT molecular complexity index is 630. The topological polar surface area (TPSA) is 52.0 Å². The van der Waals surface area contributed by atoms with Crippen molar-refractivity contribution in [2.45, 2.75) is 19.8 Å². The number of halogens is 1. The van der Waals surface area contributed by atoms with E-state index in [1.165, 1.54) is 11.3 Å². The number of ketones is 2. The molecular formula is C13H13BrN2O2S. The zero-order chi connectivity index (χ0) is 14.0. The van der Waals surface area contributed by atoms with Crippen molar-refractivity contribution < 1.29 is 9.59 Å². The Labute approximate surface area is 123 Å². The van der Waals surface area contributed by atoms with Gasteiger partial charge in [0.1, 0.15) is 0 Å². The van der Waals surface area contributed by atoms with Crippen molar-refractivity contribution in [3.05, 3.63) is 38.3 Å². The lowest BCUT2D eigenvalue weighted by molar-refractivity contribution is 0.0896. The highest BCUT2D eigenvalue weighted by Gasteiger charge is 2.19. The van der Waals surface area contributed by atoms with Crippen LogP contribution in [0.5, 0.6) is 0 Å². The number of carbonyl (C=O) groups is 2. The second kappa shape index (κ2) is 5.79. The number of Topliss-reactive ketones (excluding diaryl/α,β-unsaturated/α-hetero) is 2. The van der Waals surface area contributed by atoms with Crippen LogP contribution in [0.25, 0.3) is 0 Å². The van der Waals surface area contributed by atoms with Crippen LogP contribution in [0.3, 0.4) is 0 Å². The first-order valence-corrected chi connectivity index (χ1v) is 7.51. The van der Waals surface area contributed by atoms with Crippen LogP contribution in [0.15, 0.2) is 22.1 Å². The van der Waals surface area contributed by atoms with Gasteiger partial charge in [-0.2, -0.15) is 5.10 Å². The van der Waals surface area contributed by atoms with E-state index in [-0.39, 0.29) is 18.0 Å². The Balaban J connectivity index is 2.14. The van der Waals surface area contributed by atoms with Gasteiger partial charge in [-0.15, -0.1) is 11.3 Å². The third kappa shape index (κ3) is 3.19. The fraction of sp³-hybridized carbons (Fsp3) is 0.308. The molecule has 2 aromatic heterocycles. The molecule has 4 nitrogen and oxygen atoms in total. The maximum absolute atomic E-state index is 12.1. The average Bonchev–Trinajstić information content (AvgIpc) is 2.95. The Kier molecular flexibility index (Phi) is 4.31. The molecule has 0 atom stereocenters. The standard InChI is InChI=1S/C13H13BrN2O2S/c1-3-10-9(6-16(2)15-10)11(17)5-12(18)13-4-8(14)7-19-13/h4,6-7H,3,5H2,1-2H3. The average molecular weight is 341 g/mol. The lowest BCUT2D eigenvalue weighted by Gasteiger charge is -1.98. The summed E-state index contributed by atoms with van der Waals surface area (Å²) < 4.78 is 2.47. The normalized spacial score (nSPS) is 10.7. The second-order valence-corrected chi connectivity index (χ2v) is 6.00. The summed E-state index contributed by atoms with van der Waals surface area (Å²) in [6, 6.07) is 1.74. The molecule has 2 rings (SSSR count). The molecule has 0 amide bonds. The van der Waals surface area contributed by atoms with Crippen LogP contribution < -0.4 is 0 Å². The number of carbonyl (C=O) groups excluding carboxylic acids is 2. The van der Waals surface area contributed by atoms with Crippen molar-refractivity contribution in [3.63, 3.8) is 0 Å². The van der Waals surface area contributed by atoms with E-state index in [4.69, 9.17) is 0 Å². The smallest absolute Gasteiger partial charge is 0.180 e. The fourth-order valence-corrected chi connectivity index (χ4v) is 3.18. The van der Waals surface area contributed by atoms with Gasteiger partial charge >= 0.3 is 0 Å². The molecule has 0 spiro atoms. The number of rotatable bonds is 5. The number of thiophene rings is 1. The lowest BCUT2D eigenvalue weighted by Crippen LogP contribution is -2.08. The molecule has 0 saturated heterocycles. The van der Waals surface area contributed by atoms with Crippen molar-refractivity contribution in [2.24, 2.45) is 7.05 Å². The van der Waals surface area contributed by atoms with Gasteiger partial charge in [0, 0.05) is 23.1 Å². The molecule has 2 aromatic rings. The van der Waals surface area contributed by atoms with Crippen molar-refractivity contribution in [2.75, 3.05) is 0 Å². The fourth-order valence-electron chi connectivity index (χ4n) is 1.82. The van der Waals surface area contributed by atoms with Gasteiger partial charge < -0.3 is 0 Å². The zero-order valence-electron chi connectivity index (χ0n) is 10.6. The van der Waals surface area contributed by atoms with Crippen LogP contribution in [0.1, 0.15) is 39.1 Å². The molecule has 100 valence electrons. The minimum Gasteiger partial charge on any atom is -0.294 e. The first-order chi connectivity index (χ1) is 9.01. The number of nitrogens with zero attached hydrogens (tertiary/aromatic N) is 2. The molecule has 6 heteroatoms. The largest absolute Gasteiger partial charge is 0.294 e. The lowest BCUT2D eigenvalue weighted by atomic mass is 10.1. The maximum Gasteiger partial charge on any atom is 0.180 e. The predicted octanol–water partition coefficient (Wildman–Crippen LogP) is 3.26. The van der Waals surface area contributed by atoms with Crippen LogP contribution >= 0.6 is 27.3 Å². The van der Waals surface area contributed by atoms with Crippen molar-refractivity contribution in [1.82, 2.24) is 9.78 Å². The molecule has 0 aliphatic heterocycles. The molecule has 0 unspecified atom stereocenters. The molecule has 2 heterocycles. The van der Waals surface area contributed by atoms with E-state index in [0.717, 1.165) is 10.2 Å². The van der Waals surface area contributed by atoms with Gasteiger partial charge in [0.2, 0.25) is 0 Å². The van der Waals surface area contributed by atoms with Crippen LogP contribution in [0, 0.1) is 0 Å². The first kappa shape index (κ1) is 14.1. The summed E-state index contributed by atoms with van der Waals surface area (Å²) in [4.78, 5) is 24.7. The highest BCUT2D eigenvalue weighted by molar-refractivity contribution is 9.10. The van der Waals surface area contributed by atoms with E-state index >= 15 is 0 Å². The molecule has 0 aliphatic rings. The Hall–Kier alpha value is -1.27. The SMILES string of the molecule is CCc1nn(C)cc1C(=O)CC(=O)c1cc(Br)cs1. The second-order valence-electron chi connectivity index (χ2n) is 4.17. The van der Waals surface area contributed by atoms with E-state index < -0.39 is 0 Å². The van der Waals surface area contributed by atoms with Crippen LogP contribution in [-0.4, -0.2) is 21.3 Å². The van der Waals surface area contributed by atoms with Crippen LogP contribution in [0.2, 0.25) is 0 Å². The quantitative estimate of drug-likeness (QED) is 0.620. The molecule has 0 fully saturated rings. The van der Waals surface area contributed by atoms with Gasteiger partial charge in [-0.05, 0) is 28.4 Å². The minimum absolute atomic E-state index is 0.106. The van der Waals surface area contributed by atoms with Gasteiger partial charge in [0.15, 0.2) is 11.6 Å². The number of hydrogen-bond acceptors (Lipinski definition) is 4. The third-order valence-corrected chi connectivity index (χ3v) is 4.44. The third-order valence-electron chi connectivity index (χ3n) is 2.70. The van der Waals surface area contributed by atoms with Crippen LogP contribution in [0.4, 0.5) is 0 Å². The molecule has 0 bridgehead atoms.